The molecule has 0 saturated carbocycles. The summed E-state index contributed by atoms with van der Waals surface area (Å²) in [5.74, 6) is 0.141. The van der Waals surface area contributed by atoms with Gasteiger partial charge in [-0.15, -0.1) is 0 Å². The lowest BCUT2D eigenvalue weighted by Crippen LogP contribution is -2.06. The van der Waals surface area contributed by atoms with E-state index in [0.29, 0.717) is 11.4 Å². The summed E-state index contributed by atoms with van der Waals surface area (Å²) in [5.41, 5.74) is 13.0. The standard InChI is InChI=1S/C25H33N3O2/c1-12-16(5)24(18(7)29)26-20(12)10-22-14(3)15(4)23(28(22)9)11-21-13(2)17(6)25(27-21)19(8)30/h26-27H,10-11H2,1-9H3. The minimum Gasteiger partial charge on any atom is -0.355 e. The first-order valence-electron chi connectivity index (χ1n) is 10.5. The fourth-order valence-electron chi connectivity index (χ4n) is 4.50. The van der Waals surface area contributed by atoms with E-state index >= 15 is 0 Å². The third-order valence-corrected chi connectivity index (χ3v) is 6.96. The van der Waals surface area contributed by atoms with Gasteiger partial charge in [0.2, 0.25) is 0 Å². The number of H-pyrrole nitrogens is 2. The number of nitrogens with one attached hydrogen (secondary N) is 2. The largest absolute Gasteiger partial charge is 0.355 e. The average Bonchev–Trinajstić information content (AvgIpc) is 3.20. The van der Waals surface area contributed by atoms with Crippen molar-refractivity contribution in [3.63, 3.8) is 0 Å². The van der Waals surface area contributed by atoms with E-state index in [1.54, 1.807) is 13.8 Å². The number of hydrogen-bond donors (Lipinski definition) is 2. The molecular formula is C25H33N3O2. The molecule has 2 N–H and O–H groups in total. The fourth-order valence-corrected chi connectivity index (χ4v) is 4.50. The van der Waals surface area contributed by atoms with Crippen LogP contribution in [0, 0.1) is 41.5 Å². The molecule has 160 valence electrons. The van der Waals surface area contributed by atoms with Crippen molar-refractivity contribution in [2.75, 3.05) is 0 Å². The number of carbonyl (C=O) groups excluding carboxylic acids is 2. The lowest BCUT2D eigenvalue weighted by atomic mass is 10.0. The molecule has 0 bridgehead atoms. The van der Waals surface area contributed by atoms with E-state index in [4.69, 9.17) is 0 Å². The molecule has 0 radical (unpaired) electrons. The van der Waals surface area contributed by atoms with E-state index in [9.17, 15) is 9.59 Å². The summed E-state index contributed by atoms with van der Waals surface area (Å²) in [6.45, 7) is 15.7. The molecule has 0 aliphatic carbocycles. The van der Waals surface area contributed by atoms with Crippen molar-refractivity contribution in [2.24, 2.45) is 7.05 Å². The predicted molar refractivity (Wildman–Crippen MR) is 121 cm³/mol. The molecular weight excluding hydrogens is 374 g/mol. The Morgan fingerprint density at radius 2 is 0.967 bits per heavy atom. The zero-order valence-corrected chi connectivity index (χ0v) is 19.7. The Morgan fingerprint density at radius 3 is 1.23 bits per heavy atom. The Hall–Kier alpha value is -2.82. The van der Waals surface area contributed by atoms with Gasteiger partial charge in [-0.05, 0) is 74.9 Å². The number of carbonyl (C=O) groups is 2. The second-order valence-corrected chi connectivity index (χ2v) is 8.63. The number of ketones is 2. The van der Waals surface area contributed by atoms with Crippen LogP contribution in [0.5, 0.6) is 0 Å². The molecule has 3 rings (SSSR count). The van der Waals surface area contributed by atoms with Gasteiger partial charge in [0.1, 0.15) is 0 Å². The number of aromatic nitrogens is 3. The van der Waals surface area contributed by atoms with Crippen LogP contribution in [0.1, 0.15) is 91.0 Å². The molecule has 5 nitrogen and oxygen atoms in total. The summed E-state index contributed by atoms with van der Waals surface area (Å²) in [6, 6.07) is 0. The smallest absolute Gasteiger partial charge is 0.176 e. The van der Waals surface area contributed by atoms with Crippen molar-refractivity contribution in [2.45, 2.75) is 68.2 Å². The molecule has 5 heteroatoms. The maximum absolute atomic E-state index is 11.9. The monoisotopic (exact) mass is 407 g/mol. The highest BCUT2D eigenvalue weighted by Gasteiger charge is 2.21. The van der Waals surface area contributed by atoms with Crippen LogP contribution >= 0.6 is 0 Å². The zero-order chi connectivity index (χ0) is 22.5. The lowest BCUT2D eigenvalue weighted by molar-refractivity contribution is 0.1000. The van der Waals surface area contributed by atoms with Crippen LogP contribution in [-0.4, -0.2) is 26.1 Å². The van der Waals surface area contributed by atoms with Crippen LogP contribution in [0.4, 0.5) is 0 Å². The molecule has 0 spiro atoms. The molecule has 0 aromatic carbocycles. The van der Waals surface area contributed by atoms with E-state index in [2.05, 4.69) is 49.3 Å². The van der Waals surface area contributed by atoms with E-state index in [0.717, 1.165) is 46.5 Å². The Kier molecular flexibility index (Phi) is 5.68. The molecule has 0 fully saturated rings. The summed E-state index contributed by atoms with van der Waals surface area (Å²) in [7, 11) is 2.11. The Balaban J connectivity index is 2.01. The Morgan fingerprint density at radius 1 is 0.633 bits per heavy atom. The minimum atomic E-state index is 0.0705. The lowest BCUT2D eigenvalue weighted by Gasteiger charge is -2.09. The first-order valence-corrected chi connectivity index (χ1v) is 10.5. The normalized spacial score (nSPS) is 11.4. The van der Waals surface area contributed by atoms with E-state index in [1.165, 1.54) is 22.5 Å². The third kappa shape index (κ3) is 3.47. The SMILES string of the molecule is CC(=O)c1[nH]c(Cc2c(C)c(C)c(Cc3[nH]c(C(C)=O)c(C)c3C)n2C)c(C)c1C. The van der Waals surface area contributed by atoms with Gasteiger partial charge in [0, 0.05) is 56.5 Å². The van der Waals surface area contributed by atoms with Crippen LogP contribution in [-0.2, 0) is 19.9 Å². The van der Waals surface area contributed by atoms with E-state index in [-0.39, 0.29) is 11.6 Å². The summed E-state index contributed by atoms with van der Waals surface area (Å²) < 4.78 is 2.27. The van der Waals surface area contributed by atoms with Gasteiger partial charge in [0.05, 0.1) is 11.4 Å². The second kappa shape index (κ2) is 7.78. The molecule has 0 aliphatic heterocycles. The number of aromatic amines is 2. The molecule has 30 heavy (non-hydrogen) atoms. The summed E-state index contributed by atoms with van der Waals surface area (Å²) in [5, 5.41) is 0. The van der Waals surface area contributed by atoms with Crippen molar-refractivity contribution >= 4 is 11.6 Å². The van der Waals surface area contributed by atoms with Crippen molar-refractivity contribution < 1.29 is 9.59 Å². The first kappa shape index (κ1) is 21.9. The number of Topliss-reactive ketones (excluding diaryl/α,β-unsaturated/α-hetero) is 2. The van der Waals surface area contributed by atoms with Gasteiger partial charge in [-0.3, -0.25) is 9.59 Å². The zero-order valence-electron chi connectivity index (χ0n) is 19.7. The topological polar surface area (TPSA) is 70.7 Å². The van der Waals surface area contributed by atoms with Gasteiger partial charge in [0.15, 0.2) is 11.6 Å². The molecule has 3 aromatic rings. The van der Waals surface area contributed by atoms with Crippen LogP contribution in [0.15, 0.2) is 0 Å². The maximum Gasteiger partial charge on any atom is 0.176 e. The molecule has 3 heterocycles. The van der Waals surface area contributed by atoms with Gasteiger partial charge < -0.3 is 14.5 Å². The predicted octanol–water partition coefficient (Wildman–Crippen LogP) is 5.12. The van der Waals surface area contributed by atoms with Crippen LogP contribution in [0.2, 0.25) is 0 Å². The van der Waals surface area contributed by atoms with Crippen molar-refractivity contribution in [1.29, 1.82) is 0 Å². The van der Waals surface area contributed by atoms with Crippen LogP contribution in [0.3, 0.4) is 0 Å². The summed E-state index contributed by atoms with van der Waals surface area (Å²) in [4.78, 5) is 30.6. The highest BCUT2D eigenvalue weighted by molar-refractivity contribution is 5.94. The van der Waals surface area contributed by atoms with Gasteiger partial charge in [0.25, 0.3) is 0 Å². The average molecular weight is 408 g/mol. The maximum atomic E-state index is 11.9. The van der Waals surface area contributed by atoms with Gasteiger partial charge >= 0.3 is 0 Å². The molecule has 0 amide bonds. The first-order chi connectivity index (χ1) is 14.0. The van der Waals surface area contributed by atoms with Crippen molar-refractivity contribution in [3.05, 3.63) is 67.5 Å². The molecule has 0 unspecified atom stereocenters. The Labute approximate surface area is 178 Å². The number of nitrogens with zero attached hydrogens (tertiary/aromatic N) is 1. The van der Waals surface area contributed by atoms with Gasteiger partial charge in [-0.2, -0.15) is 0 Å². The van der Waals surface area contributed by atoms with Crippen LogP contribution in [0.25, 0.3) is 0 Å². The van der Waals surface area contributed by atoms with Crippen LogP contribution < -0.4 is 0 Å². The molecule has 0 atom stereocenters. The van der Waals surface area contributed by atoms with E-state index < -0.39 is 0 Å². The summed E-state index contributed by atoms with van der Waals surface area (Å²) >= 11 is 0. The molecule has 0 aliphatic rings. The highest BCUT2D eigenvalue weighted by atomic mass is 16.1. The van der Waals surface area contributed by atoms with Gasteiger partial charge in [-0.25, -0.2) is 0 Å². The third-order valence-electron chi connectivity index (χ3n) is 6.96. The van der Waals surface area contributed by atoms with E-state index in [1.807, 2.05) is 13.8 Å². The highest BCUT2D eigenvalue weighted by Crippen LogP contribution is 2.29. The number of hydrogen-bond acceptors (Lipinski definition) is 2. The Bertz CT molecular complexity index is 1080. The summed E-state index contributed by atoms with van der Waals surface area (Å²) in [6.07, 6.45) is 1.51. The van der Waals surface area contributed by atoms with Crippen molar-refractivity contribution in [1.82, 2.24) is 14.5 Å². The second-order valence-electron chi connectivity index (χ2n) is 8.63. The van der Waals surface area contributed by atoms with Crippen molar-refractivity contribution in [3.8, 4) is 0 Å². The number of rotatable bonds is 6. The quantitative estimate of drug-likeness (QED) is 0.557. The minimum absolute atomic E-state index is 0.0705. The van der Waals surface area contributed by atoms with Gasteiger partial charge in [-0.1, -0.05) is 0 Å². The fraction of sp³-hybridized carbons (Fsp3) is 0.440. The molecule has 0 saturated heterocycles. The molecule has 3 aromatic heterocycles.